The summed E-state index contributed by atoms with van der Waals surface area (Å²) in [4.78, 5) is 25.1. The first-order valence-electron chi connectivity index (χ1n) is 8.40. The summed E-state index contributed by atoms with van der Waals surface area (Å²) in [6.07, 6.45) is 3.09. The zero-order valence-corrected chi connectivity index (χ0v) is 16.4. The van der Waals surface area contributed by atoms with E-state index < -0.39 is 11.9 Å². The van der Waals surface area contributed by atoms with Crippen molar-refractivity contribution in [1.82, 2.24) is 19.6 Å². The van der Waals surface area contributed by atoms with Gasteiger partial charge in [-0.25, -0.2) is 9.48 Å². The Morgan fingerprint density at radius 1 is 1.22 bits per heavy atom. The zero-order chi connectivity index (χ0) is 19.4. The summed E-state index contributed by atoms with van der Waals surface area (Å²) in [5, 5.41) is 11.2. The summed E-state index contributed by atoms with van der Waals surface area (Å²) in [5.41, 5.74) is 1.08. The smallest absolute Gasteiger partial charge is 0.343 e. The van der Waals surface area contributed by atoms with E-state index in [0.717, 1.165) is 0 Å². The van der Waals surface area contributed by atoms with Gasteiger partial charge in [-0.1, -0.05) is 18.2 Å². The van der Waals surface area contributed by atoms with Gasteiger partial charge in [-0.3, -0.25) is 9.48 Å². The summed E-state index contributed by atoms with van der Waals surface area (Å²) in [6.45, 7) is 4.48. The number of hydrogen-bond donors (Lipinski definition) is 1. The third-order valence-corrected chi connectivity index (χ3v) is 4.33. The lowest BCUT2D eigenvalue weighted by molar-refractivity contribution is 0.0527. The molecule has 2 heterocycles. The molecule has 0 atom stereocenters. The highest BCUT2D eigenvalue weighted by atomic mass is 79.9. The van der Waals surface area contributed by atoms with Crippen molar-refractivity contribution < 1.29 is 14.3 Å². The second-order valence-corrected chi connectivity index (χ2v) is 6.36. The van der Waals surface area contributed by atoms with Crippen LogP contribution in [0.4, 0.5) is 5.82 Å². The van der Waals surface area contributed by atoms with Gasteiger partial charge in [0.2, 0.25) is 0 Å². The normalized spacial score (nSPS) is 10.6. The molecule has 0 radical (unpaired) electrons. The van der Waals surface area contributed by atoms with Gasteiger partial charge < -0.3 is 10.1 Å². The topological polar surface area (TPSA) is 91.0 Å². The third-order valence-electron chi connectivity index (χ3n) is 3.75. The lowest BCUT2D eigenvalue weighted by Crippen LogP contribution is -2.19. The summed E-state index contributed by atoms with van der Waals surface area (Å²) in [6, 6.07) is 9.18. The van der Waals surface area contributed by atoms with E-state index in [0.29, 0.717) is 16.7 Å². The van der Waals surface area contributed by atoms with E-state index in [1.165, 1.54) is 10.9 Å². The lowest BCUT2D eigenvalue weighted by atomic mass is 10.3. The Labute approximate surface area is 164 Å². The van der Waals surface area contributed by atoms with Gasteiger partial charge in [-0.05, 0) is 41.9 Å². The molecule has 0 spiro atoms. The number of amides is 1. The van der Waals surface area contributed by atoms with E-state index in [2.05, 4.69) is 31.4 Å². The SMILES string of the molecule is CCOC(=O)c1cnn(-c2ccccc2)c1NC(=O)c1nn(CC)cc1Br. The molecule has 1 aromatic carbocycles. The monoisotopic (exact) mass is 431 g/mol. The van der Waals surface area contributed by atoms with Crippen LogP contribution in [-0.2, 0) is 11.3 Å². The van der Waals surface area contributed by atoms with Crippen LogP contribution in [0.2, 0.25) is 0 Å². The van der Waals surface area contributed by atoms with Crippen molar-refractivity contribution in [3.63, 3.8) is 0 Å². The van der Waals surface area contributed by atoms with E-state index in [1.54, 1.807) is 17.8 Å². The number of aromatic nitrogens is 4. The molecule has 27 heavy (non-hydrogen) atoms. The molecule has 3 rings (SSSR count). The minimum atomic E-state index is -0.562. The number of para-hydroxylation sites is 1. The van der Waals surface area contributed by atoms with Gasteiger partial charge in [0.25, 0.3) is 5.91 Å². The predicted octanol–water partition coefficient (Wildman–Crippen LogP) is 3.28. The molecule has 0 aliphatic heterocycles. The Kier molecular flexibility index (Phi) is 5.70. The molecule has 0 saturated carbocycles. The number of halogens is 1. The van der Waals surface area contributed by atoms with Crippen molar-refractivity contribution in [2.45, 2.75) is 20.4 Å². The van der Waals surface area contributed by atoms with Crippen molar-refractivity contribution in [2.24, 2.45) is 0 Å². The van der Waals surface area contributed by atoms with Crippen LogP contribution in [0, 0.1) is 0 Å². The maximum absolute atomic E-state index is 12.8. The Bertz CT molecular complexity index is 965. The van der Waals surface area contributed by atoms with Crippen molar-refractivity contribution >= 4 is 33.6 Å². The number of nitrogens with zero attached hydrogens (tertiary/aromatic N) is 4. The van der Waals surface area contributed by atoms with Crippen LogP contribution in [0.3, 0.4) is 0 Å². The molecule has 0 saturated heterocycles. The molecule has 0 aliphatic carbocycles. The van der Waals surface area contributed by atoms with Crippen molar-refractivity contribution in [3.05, 3.63) is 58.5 Å². The molecule has 0 aliphatic rings. The third kappa shape index (κ3) is 3.92. The number of carbonyl (C=O) groups excluding carboxylic acids is 2. The van der Waals surface area contributed by atoms with Crippen LogP contribution in [0.1, 0.15) is 34.7 Å². The van der Waals surface area contributed by atoms with Crippen molar-refractivity contribution in [3.8, 4) is 5.69 Å². The van der Waals surface area contributed by atoms with Crippen LogP contribution in [-0.4, -0.2) is 38.0 Å². The molecule has 1 amide bonds. The van der Waals surface area contributed by atoms with E-state index in [9.17, 15) is 9.59 Å². The van der Waals surface area contributed by atoms with Gasteiger partial charge in [-0.15, -0.1) is 0 Å². The molecular formula is C18H18BrN5O3. The largest absolute Gasteiger partial charge is 0.462 e. The van der Waals surface area contributed by atoms with E-state index >= 15 is 0 Å². The number of hydrogen-bond acceptors (Lipinski definition) is 5. The quantitative estimate of drug-likeness (QED) is 0.604. The molecule has 1 N–H and O–H groups in total. The first kappa shape index (κ1) is 18.8. The maximum Gasteiger partial charge on any atom is 0.343 e. The van der Waals surface area contributed by atoms with Crippen molar-refractivity contribution in [2.75, 3.05) is 11.9 Å². The summed E-state index contributed by atoms with van der Waals surface area (Å²) in [7, 11) is 0. The fourth-order valence-electron chi connectivity index (χ4n) is 2.47. The van der Waals surface area contributed by atoms with E-state index in [-0.39, 0.29) is 23.7 Å². The molecule has 0 bridgehead atoms. The molecule has 9 heteroatoms. The average Bonchev–Trinajstić information content (AvgIpc) is 3.26. The number of anilines is 1. The molecular weight excluding hydrogens is 414 g/mol. The van der Waals surface area contributed by atoms with Gasteiger partial charge in [0, 0.05) is 12.7 Å². The van der Waals surface area contributed by atoms with Gasteiger partial charge >= 0.3 is 5.97 Å². The Morgan fingerprint density at radius 3 is 2.59 bits per heavy atom. The van der Waals surface area contributed by atoms with Gasteiger partial charge in [0.1, 0.15) is 5.56 Å². The Morgan fingerprint density at radius 2 is 1.96 bits per heavy atom. The van der Waals surface area contributed by atoms with E-state index in [4.69, 9.17) is 4.74 Å². The fraction of sp³-hybridized carbons (Fsp3) is 0.222. The van der Waals surface area contributed by atoms with E-state index in [1.807, 2.05) is 37.3 Å². The Balaban J connectivity index is 2.01. The standard InChI is InChI=1S/C18H18BrN5O3/c1-3-23-11-14(19)15(22-23)17(25)21-16-13(18(26)27-4-2)10-20-24(16)12-8-6-5-7-9-12/h5-11H,3-4H2,1-2H3,(H,21,25). The maximum atomic E-state index is 12.8. The second-order valence-electron chi connectivity index (χ2n) is 5.51. The summed E-state index contributed by atoms with van der Waals surface area (Å²) < 4.78 is 8.76. The van der Waals surface area contributed by atoms with Crippen LogP contribution >= 0.6 is 15.9 Å². The number of nitrogens with one attached hydrogen (secondary N) is 1. The summed E-state index contributed by atoms with van der Waals surface area (Å²) in [5.74, 6) is -0.798. The van der Waals surface area contributed by atoms with Gasteiger partial charge in [0.05, 0.1) is 23.0 Å². The Hall–Kier alpha value is -2.94. The number of esters is 1. The molecule has 0 unspecified atom stereocenters. The molecule has 140 valence electrons. The van der Waals surface area contributed by atoms with Crippen LogP contribution in [0.15, 0.2) is 47.2 Å². The minimum absolute atomic E-state index is 0.167. The fourth-order valence-corrected chi connectivity index (χ4v) is 2.97. The first-order valence-corrected chi connectivity index (χ1v) is 9.19. The zero-order valence-electron chi connectivity index (χ0n) is 14.8. The number of rotatable bonds is 6. The van der Waals surface area contributed by atoms with Gasteiger partial charge in [-0.2, -0.15) is 10.2 Å². The highest BCUT2D eigenvalue weighted by molar-refractivity contribution is 9.10. The highest BCUT2D eigenvalue weighted by Gasteiger charge is 2.24. The van der Waals surface area contributed by atoms with Crippen LogP contribution in [0.5, 0.6) is 0 Å². The summed E-state index contributed by atoms with van der Waals surface area (Å²) >= 11 is 3.34. The second kappa shape index (κ2) is 8.17. The molecule has 3 aromatic rings. The van der Waals surface area contributed by atoms with Gasteiger partial charge in [0.15, 0.2) is 11.5 Å². The lowest BCUT2D eigenvalue weighted by Gasteiger charge is -2.10. The predicted molar refractivity (Wildman–Crippen MR) is 103 cm³/mol. The average molecular weight is 432 g/mol. The highest BCUT2D eigenvalue weighted by Crippen LogP contribution is 2.23. The van der Waals surface area contributed by atoms with Crippen LogP contribution in [0.25, 0.3) is 5.69 Å². The number of carbonyl (C=O) groups is 2. The minimum Gasteiger partial charge on any atom is -0.462 e. The molecule has 2 aromatic heterocycles. The number of ether oxygens (including phenoxy) is 1. The molecule has 0 fully saturated rings. The number of aryl methyl sites for hydroxylation is 1. The number of benzene rings is 1. The van der Waals surface area contributed by atoms with Crippen LogP contribution < -0.4 is 5.32 Å². The van der Waals surface area contributed by atoms with Crippen molar-refractivity contribution in [1.29, 1.82) is 0 Å². The first-order chi connectivity index (χ1) is 13.0. The molecule has 8 nitrogen and oxygen atoms in total.